The zero-order chi connectivity index (χ0) is 17.6. The van der Waals surface area contributed by atoms with Crippen LogP contribution in [0.1, 0.15) is 25.8 Å². The molecule has 0 amide bonds. The summed E-state index contributed by atoms with van der Waals surface area (Å²) < 4.78 is 11.2. The molecule has 1 rings (SSSR count). The minimum atomic E-state index is 0. The van der Waals surface area contributed by atoms with Crippen molar-refractivity contribution in [3.63, 3.8) is 0 Å². The van der Waals surface area contributed by atoms with Crippen LogP contribution in [0.25, 0.3) is 0 Å². The number of benzene rings is 1. The maximum atomic E-state index is 5.66. The molecule has 0 atom stereocenters. The molecule has 25 heavy (non-hydrogen) atoms. The van der Waals surface area contributed by atoms with E-state index in [1.165, 1.54) is 0 Å². The topological polar surface area (TPSA) is 54.9 Å². The molecule has 0 aliphatic heterocycles. The summed E-state index contributed by atoms with van der Waals surface area (Å²) in [4.78, 5) is 4.22. The number of para-hydroxylation sites is 1. The van der Waals surface area contributed by atoms with Crippen LogP contribution in [0.15, 0.2) is 41.9 Å². The highest BCUT2D eigenvalue weighted by Gasteiger charge is 2.04. The van der Waals surface area contributed by atoms with Crippen molar-refractivity contribution in [3.05, 3.63) is 42.5 Å². The average molecular weight is 461 g/mol. The Hall–Kier alpha value is -1.28. The van der Waals surface area contributed by atoms with Crippen LogP contribution in [0, 0.1) is 5.92 Å². The Bertz CT molecular complexity index is 507. The molecule has 0 bridgehead atoms. The van der Waals surface area contributed by atoms with Gasteiger partial charge in [-0.2, -0.15) is 0 Å². The number of hydrogen-bond donors (Lipinski definition) is 2. The van der Waals surface area contributed by atoms with E-state index in [1.807, 2.05) is 24.3 Å². The van der Waals surface area contributed by atoms with Crippen LogP contribution in [-0.2, 0) is 11.3 Å². The molecule has 0 saturated carbocycles. The maximum Gasteiger partial charge on any atom is 0.191 e. The van der Waals surface area contributed by atoms with Gasteiger partial charge in [0.25, 0.3) is 0 Å². The third kappa shape index (κ3) is 11.0. The Balaban J connectivity index is 0.00000576. The Kier molecular flexibility index (Phi) is 14.2. The average Bonchev–Trinajstić information content (AvgIpc) is 2.59. The van der Waals surface area contributed by atoms with Gasteiger partial charge < -0.3 is 20.1 Å². The van der Waals surface area contributed by atoms with Crippen LogP contribution in [0.4, 0.5) is 0 Å². The number of hydrogen-bond acceptors (Lipinski definition) is 3. The van der Waals surface area contributed by atoms with Gasteiger partial charge in [0.1, 0.15) is 12.4 Å². The molecule has 0 aromatic heterocycles. The van der Waals surface area contributed by atoms with Gasteiger partial charge in [0.2, 0.25) is 0 Å². The van der Waals surface area contributed by atoms with Gasteiger partial charge in [-0.1, -0.05) is 44.7 Å². The van der Waals surface area contributed by atoms with E-state index in [-0.39, 0.29) is 24.0 Å². The van der Waals surface area contributed by atoms with E-state index >= 15 is 0 Å². The van der Waals surface area contributed by atoms with E-state index in [0.717, 1.165) is 36.8 Å². The molecule has 0 heterocycles. The lowest BCUT2D eigenvalue weighted by atomic mass is 10.1. The summed E-state index contributed by atoms with van der Waals surface area (Å²) in [6, 6.07) is 7.95. The Morgan fingerprint density at radius 2 is 2.00 bits per heavy atom. The second-order valence-corrected chi connectivity index (χ2v) is 5.85. The van der Waals surface area contributed by atoms with Crippen LogP contribution in [0.3, 0.4) is 0 Å². The predicted molar refractivity (Wildman–Crippen MR) is 116 cm³/mol. The number of halogens is 1. The lowest BCUT2D eigenvalue weighted by molar-refractivity contribution is 0.128. The van der Waals surface area contributed by atoms with E-state index < -0.39 is 0 Å². The molecule has 2 N–H and O–H groups in total. The molecule has 142 valence electrons. The molecule has 0 spiro atoms. The van der Waals surface area contributed by atoms with Crippen LogP contribution < -0.4 is 15.4 Å². The van der Waals surface area contributed by atoms with E-state index in [2.05, 4.69) is 36.1 Å². The van der Waals surface area contributed by atoms with Crippen molar-refractivity contribution in [1.82, 2.24) is 10.6 Å². The number of nitrogens with one attached hydrogen (secondary N) is 2. The lowest BCUT2D eigenvalue weighted by Gasteiger charge is -2.14. The van der Waals surface area contributed by atoms with Crippen molar-refractivity contribution in [2.75, 3.05) is 33.4 Å². The van der Waals surface area contributed by atoms with Gasteiger partial charge in [0, 0.05) is 32.3 Å². The first-order chi connectivity index (χ1) is 11.7. The van der Waals surface area contributed by atoms with Crippen molar-refractivity contribution < 1.29 is 9.47 Å². The number of aliphatic imine (C=N–C) groups is 1. The van der Waals surface area contributed by atoms with Gasteiger partial charge in [0.05, 0.1) is 6.61 Å². The number of nitrogens with zero attached hydrogens (tertiary/aromatic N) is 1. The SMILES string of the molecule is C=CCOc1ccccc1CNC(=NC)NCCOCCC(C)C.I. The molecule has 0 saturated heterocycles. The fourth-order valence-corrected chi connectivity index (χ4v) is 2.00. The number of guanidine groups is 1. The van der Waals surface area contributed by atoms with Crippen molar-refractivity contribution in [2.45, 2.75) is 26.8 Å². The molecule has 5 nitrogen and oxygen atoms in total. The smallest absolute Gasteiger partial charge is 0.191 e. The van der Waals surface area contributed by atoms with Gasteiger partial charge >= 0.3 is 0 Å². The second-order valence-electron chi connectivity index (χ2n) is 5.85. The number of ether oxygens (including phenoxy) is 2. The molecule has 0 unspecified atom stereocenters. The monoisotopic (exact) mass is 461 g/mol. The van der Waals surface area contributed by atoms with Gasteiger partial charge in [-0.05, 0) is 18.4 Å². The lowest BCUT2D eigenvalue weighted by Crippen LogP contribution is -2.38. The van der Waals surface area contributed by atoms with Crippen LogP contribution in [0.2, 0.25) is 0 Å². The molecule has 1 aromatic rings. The molecule has 0 fully saturated rings. The third-order valence-corrected chi connectivity index (χ3v) is 3.38. The first-order valence-corrected chi connectivity index (χ1v) is 8.51. The van der Waals surface area contributed by atoms with Gasteiger partial charge in [-0.15, -0.1) is 24.0 Å². The summed E-state index contributed by atoms with van der Waals surface area (Å²) >= 11 is 0. The molecule has 0 aliphatic carbocycles. The normalized spacial score (nSPS) is 11.0. The summed E-state index contributed by atoms with van der Waals surface area (Å²) in [5.41, 5.74) is 1.08. The van der Waals surface area contributed by atoms with Crippen molar-refractivity contribution in [1.29, 1.82) is 0 Å². The quantitative estimate of drug-likeness (QED) is 0.174. The zero-order valence-corrected chi connectivity index (χ0v) is 17.9. The van der Waals surface area contributed by atoms with E-state index in [4.69, 9.17) is 9.47 Å². The van der Waals surface area contributed by atoms with Crippen molar-refractivity contribution in [3.8, 4) is 5.75 Å². The highest BCUT2D eigenvalue weighted by molar-refractivity contribution is 14.0. The fourth-order valence-electron chi connectivity index (χ4n) is 2.00. The van der Waals surface area contributed by atoms with Crippen LogP contribution >= 0.6 is 24.0 Å². The van der Waals surface area contributed by atoms with Gasteiger partial charge in [0.15, 0.2) is 5.96 Å². The van der Waals surface area contributed by atoms with E-state index in [9.17, 15) is 0 Å². The minimum Gasteiger partial charge on any atom is -0.489 e. The third-order valence-electron chi connectivity index (χ3n) is 3.38. The van der Waals surface area contributed by atoms with E-state index in [0.29, 0.717) is 25.7 Å². The van der Waals surface area contributed by atoms with Crippen molar-refractivity contribution >= 4 is 29.9 Å². The Morgan fingerprint density at radius 3 is 2.68 bits per heavy atom. The second kappa shape index (κ2) is 15.0. The van der Waals surface area contributed by atoms with Gasteiger partial charge in [-0.3, -0.25) is 4.99 Å². The predicted octanol–water partition coefficient (Wildman–Crippen LogP) is 3.60. The molecule has 0 radical (unpaired) electrons. The van der Waals surface area contributed by atoms with Crippen LogP contribution in [0.5, 0.6) is 5.75 Å². The standard InChI is InChI=1S/C19H31N3O2.HI/c1-5-12-24-18-9-7-6-8-17(18)15-22-19(20-4)21-11-14-23-13-10-16(2)3;/h5-9,16H,1,10-15H2,2-4H3,(H2,20,21,22);1H. The molecule has 1 aromatic carbocycles. The Labute approximate surface area is 169 Å². The largest absolute Gasteiger partial charge is 0.489 e. The highest BCUT2D eigenvalue weighted by Crippen LogP contribution is 2.17. The minimum absolute atomic E-state index is 0. The first-order valence-electron chi connectivity index (χ1n) is 8.51. The zero-order valence-electron chi connectivity index (χ0n) is 15.6. The maximum absolute atomic E-state index is 5.66. The van der Waals surface area contributed by atoms with Crippen LogP contribution in [-0.4, -0.2) is 39.4 Å². The molecule has 0 aliphatic rings. The summed E-state index contributed by atoms with van der Waals surface area (Å²) in [5.74, 6) is 2.29. The van der Waals surface area contributed by atoms with E-state index in [1.54, 1.807) is 13.1 Å². The summed E-state index contributed by atoms with van der Waals surface area (Å²) in [5, 5.41) is 6.54. The summed E-state index contributed by atoms with van der Waals surface area (Å²) in [6.45, 7) is 11.4. The highest BCUT2D eigenvalue weighted by atomic mass is 127. The first kappa shape index (κ1) is 23.7. The Morgan fingerprint density at radius 1 is 1.24 bits per heavy atom. The van der Waals surface area contributed by atoms with Gasteiger partial charge in [-0.25, -0.2) is 0 Å². The molecular weight excluding hydrogens is 429 g/mol. The van der Waals surface area contributed by atoms with Crippen molar-refractivity contribution in [2.24, 2.45) is 10.9 Å². The summed E-state index contributed by atoms with van der Waals surface area (Å²) in [6.07, 6.45) is 2.83. The summed E-state index contributed by atoms with van der Waals surface area (Å²) in [7, 11) is 1.76. The number of rotatable bonds is 11. The fraction of sp³-hybridized carbons (Fsp3) is 0.526. The molecular formula is C19H32IN3O2. The molecule has 6 heteroatoms.